The Hall–Kier alpha value is -2.55. The van der Waals surface area contributed by atoms with E-state index in [1.807, 2.05) is 12.1 Å². The Morgan fingerprint density at radius 1 is 0.839 bits per heavy atom. The first kappa shape index (κ1) is 20.4. The van der Waals surface area contributed by atoms with Gasteiger partial charge in [0.1, 0.15) is 12.7 Å². The lowest BCUT2D eigenvalue weighted by Gasteiger charge is -2.42. The minimum absolute atomic E-state index is 0.139. The molecule has 0 aromatic carbocycles. The topological polar surface area (TPSA) is 83.3 Å². The Kier molecular flexibility index (Phi) is 6.11. The molecule has 1 saturated carbocycles. The highest BCUT2D eigenvalue weighted by Crippen LogP contribution is 2.26. The normalized spacial score (nSPS) is 22.1. The van der Waals surface area contributed by atoms with Crippen molar-refractivity contribution in [1.82, 2.24) is 34.8 Å². The van der Waals surface area contributed by atoms with Crippen molar-refractivity contribution >= 4 is 11.7 Å². The SMILES string of the molecule is O=C(C1CCN(c2ccc(-n3cncn3)nn2)CC1)N1CCN(C2CCCCC2)CC1. The van der Waals surface area contributed by atoms with Gasteiger partial charge in [0.25, 0.3) is 0 Å². The summed E-state index contributed by atoms with van der Waals surface area (Å²) in [7, 11) is 0. The number of carbonyl (C=O) groups is 1. The van der Waals surface area contributed by atoms with Gasteiger partial charge in [-0.2, -0.15) is 5.10 Å². The van der Waals surface area contributed by atoms with Crippen LogP contribution in [0.1, 0.15) is 44.9 Å². The number of anilines is 1. The van der Waals surface area contributed by atoms with Gasteiger partial charge >= 0.3 is 0 Å². The van der Waals surface area contributed by atoms with Crippen molar-refractivity contribution in [2.75, 3.05) is 44.2 Å². The molecule has 166 valence electrons. The highest BCUT2D eigenvalue weighted by Gasteiger charge is 2.32. The Labute approximate surface area is 183 Å². The number of aromatic nitrogens is 5. The van der Waals surface area contributed by atoms with Crippen LogP contribution < -0.4 is 4.90 Å². The fourth-order valence-corrected chi connectivity index (χ4v) is 5.30. The molecule has 3 aliphatic rings. The van der Waals surface area contributed by atoms with Crippen molar-refractivity contribution in [1.29, 1.82) is 0 Å². The highest BCUT2D eigenvalue weighted by atomic mass is 16.2. The second-order valence-corrected chi connectivity index (χ2v) is 9.00. The van der Waals surface area contributed by atoms with Gasteiger partial charge in [-0.25, -0.2) is 9.67 Å². The highest BCUT2D eigenvalue weighted by molar-refractivity contribution is 5.79. The fraction of sp³-hybridized carbons (Fsp3) is 0.682. The lowest BCUT2D eigenvalue weighted by atomic mass is 9.93. The third-order valence-electron chi connectivity index (χ3n) is 7.18. The number of piperidine rings is 1. The largest absolute Gasteiger partial charge is 0.355 e. The summed E-state index contributed by atoms with van der Waals surface area (Å²) in [6.07, 6.45) is 11.7. The standard InChI is InChI=1S/C22H32N8O/c31-22(29-14-12-27(13-15-29)19-4-2-1-3-5-19)18-8-10-28(11-9-18)20-6-7-21(26-25-20)30-17-23-16-24-30/h6-7,16-19H,1-5,8-15H2. The predicted octanol–water partition coefficient (Wildman–Crippen LogP) is 1.75. The molecule has 31 heavy (non-hydrogen) atoms. The van der Waals surface area contributed by atoms with Crippen LogP contribution in [-0.4, -0.2) is 86.0 Å². The van der Waals surface area contributed by atoms with Crippen molar-refractivity contribution in [3.8, 4) is 5.82 Å². The Bertz CT molecular complexity index is 833. The second-order valence-electron chi connectivity index (χ2n) is 9.00. The maximum Gasteiger partial charge on any atom is 0.225 e. The van der Waals surface area contributed by atoms with E-state index < -0.39 is 0 Å². The van der Waals surface area contributed by atoms with Crippen molar-refractivity contribution in [2.45, 2.75) is 51.0 Å². The predicted molar refractivity (Wildman–Crippen MR) is 117 cm³/mol. The molecule has 0 spiro atoms. The van der Waals surface area contributed by atoms with E-state index in [4.69, 9.17) is 0 Å². The van der Waals surface area contributed by atoms with Crippen LogP contribution in [0.3, 0.4) is 0 Å². The van der Waals surface area contributed by atoms with Crippen LogP contribution in [0.15, 0.2) is 24.8 Å². The molecule has 1 amide bonds. The first-order valence-electron chi connectivity index (χ1n) is 11.7. The number of piperazine rings is 1. The summed E-state index contributed by atoms with van der Waals surface area (Å²) in [4.78, 5) is 24.0. The van der Waals surface area contributed by atoms with Crippen LogP contribution in [-0.2, 0) is 4.79 Å². The number of amides is 1. The fourth-order valence-electron chi connectivity index (χ4n) is 5.30. The first-order valence-corrected chi connectivity index (χ1v) is 11.7. The molecule has 5 rings (SSSR count). The lowest BCUT2D eigenvalue weighted by molar-refractivity contribution is -0.138. The molecule has 2 aliphatic heterocycles. The van der Waals surface area contributed by atoms with Gasteiger partial charge in [-0.3, -0.25) is 9.69 Å². The van der Waals surface area contributed by atoms with Crippen LogP contribution in [0.2, 0.25) is 0 Å². The minimum Gasteiger partial charge on any atom is -0.355 e. The van der Waals surface area contributed by atoms with Crippen LogP contribution in [0.4, 0.5) is 5.82 Å². The maximum atomic E-state index is 13.1. The number of rotatable bonds is 4. The van der Waals surface area contributed by atoms with E-state index in [9.17, 15) is 4.79 Å². The summed E-state index contributed by atoms with van der Waals surface area (Å²) in [5.41, 5.74) is 0. The average molecular weight is 425 g/mol. The summed E-state index contributed by atoms with van der Waals surface area (Å²) in [6, 6.07) is 4.63. The van der Waals surface area contributed by atoms with Crippen LogP contribution in [0.25, 0.3) is 5.82 Å². The molecule has 0 unspecified atom stereocenters. The molecule has 0 atom stereocenters. The summed E-state index contributed by atoms with van der Waals surface area (Å²) < 4.78 is 1.59. The van der Waals surface area contributed by atoms with Gasteiger partial charge in [0.05, 0.1) is 0 Å². The molecular weight excluding hydrogens is 392 g/mol. The summed E-state index contributed by atoms with van der Waals surface area (Å²) in [6.45, 7) is 5.56. The van der Waals surface area contributed by atoms with Gasteiger partial charge in [-0.1, -0.05) is 19.3 Å². The number of nitrogens with zero attached hydrogens (tertiary/aromatic N) is 8. The number of carbonyl (C=O) groups excluding carboxylic acids is 1. The third kappa shape index (κ3) is 4.56. The lowest BCUT2D eigenvalue weighted by Crippen LogP contribution is -2.54. The van der Waals surface area contributed by atoms with E-state index in [1.165, 1.54) is 38.4 Å². The zero-order valence-corrected chi connectivity index (χ0v) is 18.1. The minimum atomic E-state index is 0.139. The molecule has 0 bridgehead atoms. The summed E-state index contributed by atoms with van der Waals surface area (Å²) >= 11 is 0. The van der Waals surface area contributed by atoms with Gasteiger partial charge < -0.3 is 9.80 Å². The maximum absolute atomic E-state index is 13.1. The van der Waals surface area contributed by atoms with Gasteiger partial charge in [-0.05, 0) is 37.8 Å². The Morgan fingerprint density at radius 2 is 1.55 bits per heavy atom. The molecule has 4 heterocycles. The van der Waals surface area contributed by atoms with E-state index in [0.29, 0.717) is 11.7 Å². The summed E-state index contributed by atoms with van der Waals surface area (Å²) in [5.74, 6) is 2.00. The molecule has 2 aromatic rings. The van der Waals surface area contributed by atoms with Crippen molar-refractivity contribution in [3.05, 3.63) is 24.8 Å². The van der Waals surface area contributed by atoms with Crippen molar-refractivity contribution in [3.63, 3.8) is 0 Å². The quantitative estimate of drug-likeness (QED) is 0.739. The van der Waals surface area contributed by atoms with E-state index in [-0.39, 0.29) is 5.92 Å². The second kappa shape index (κ2) is 9.30. The molecule has 1 aliphatic carbocycles. The van der Waals surface area contributed by atoms with Crippen molar-refractivity contribution < 1.29 is 4.79 Å². The van der Waals surface area contributed by atoms with Gasteiger partial charge in [0.2, 0.25) is 5.91 Å². The Balaban J connectivity index is 1.10. The zero-order chi connectivity index (χ0) is 21.0. The molecule has 0 N–H and O–H groups in total. The summed E-state index contributed by atoms with van der Waals surface area (Å²) in [5, 5.41) is 12.7. The van der Waals surface area contributed by atoms with Gasteiger partial charge in [-0.15, -0.1) is 10.2 Å². The number of hydrogen-bond acceptors (Lipinski definition) is 7. The molecule has 2 saturated heterocycles. The van der Waals surface area contributed by atoms with Crippen LogP contribution in [0.5, 0.6) is 0 Å². The van der Waals surface area contributed by atoms with E-state index >= 15 is 0 Å². The van der Waals surface area contributed by atoms with E-state index in [2.05, 4.69) is 35.0 Å². The Morgan fingerprint density at radius 3 is 2.19 bits per heavy atom. The molecule has 2 aromatic heterocycles. The van der Waals surface area contributed by atoms with Crippen molar-refractivity contribution in [2.24, 2.45) is 5.92 Å². The van der Waals surface area contributed by atoms with Crippen LogP contribution in [0, 0.1) is 5.92 Å². The first-order chi connectivity index (χ1) is 15.3. The van der Waals surface area contributed by atoms with Crippen LogP contribution >= 0.6 is 0 Å². The van der Waals surface area contributed by atoms with Gasteiger partial charge in [0, 0.05) is 51.2 Å². The smallest absolute Gasteiger partial charge is 0.225 e. The third-order valence-corrected chi connectivity index (χ3v) is 7.18. The zero-order valence-electron chi connectivity index (χ0n) is 18.1. The molecule has 9 nitrogen and oxygen atoms in total. The van der Waals surface area contributed by atoms with Gasteiger partial charge in [0.15, 0.2) is 11.6 Å². The molecule has 0 radical (unpaired) electrons. The molecule has 3 fully saturated rings. The number of hydrogen-bond donors (Lipinski definition) is 0. The average Bonchev–Trinajstić information content (AvgIpc) is 3.40. The van der Waals surface area contributed by atoms with E-state index in [0.717, 1.165) is 64.0 Å². The molecular formula is C22H32N8O. The molecule has 9 heteroatoms. The van der Waals surface area contributed by atoms with E-state index in [1.54, 1.807) is 11.0 Å². The monoisotopic (exact) mass is 424 g/mol.